The third kappa shape index (κ3) is 3.92. The fourth-order valence-corrected chi connectivity index (χ4v) is 1.21. The molecule has 0 aliphatic heterocycles. The van der Waals surface area contributed by atoms with Crippen LogP contribution in [-0.2, 0) is 0 Å². The van der Waals surface area contributed by atoms with Gasteiger partial charge in [-0.1, -0.05) is 53.4 Å². The Bertz CT molecular complexity index is 66.4. The summed E-state index contributed by atoms with van der Waals surface area (Å²) in [5.41, 5.74) is 0. The standard InChI is InChI=1S/C10H22/c1-5-7-8-10(4)9(3)6-2/h9-10H,5-8H2,1-4H3/t9-,10+/m0/s1. The number of rotatable bonds is 5. The molecule has 0 unspecified atom stereocenters. The molecule has 0 aromatic heterocycles. The molecule has 0 radical (unpaired) electrons. The maximum atomic E-state index is 2.38. The van der Waals surface area contributed by atoms with Crippen LogP contribution in [0.15, 0.2) is 0 Å². The van der Waals surface area contributed by atoms with E-state index in [1.165, 1.54) is 25.7 Å². The van der Waals surface area contributed by atoms with E-state index in [0.717, 1.165) is 11.8 Å². The SMILES string of the molecule is CCCC[C@@H](C)[C@@H](C)CC. The summed E-state index contributed by atoms with van der Waals surface area (Å²) in [7, 11) is 0. The van der Waals surface area contributed by atoms with E-state index in [0.29, 0.717) is 0 Å². The fraction of sp³-hybridized carbons (Fsp3) is 1.00. The molecule has 10 heavy (non-hydrogen) atoms. The van der Waals surface area contributed by atoms with E-state index in [4.69, 9.17) is 0 Å². The van der Waals surface area contributed by atoms with Gasteiger partial charge in [0.1, 0.15) is 0 Å². The molecule has 62 valence electrons. The van der Waals surface area contributed by atoms with Crippen molar-refractivity contribution in [3.63, 3.8) is 0 Å². The predicted octanol–water partition coefficient (Wildman–Crippen LogP) is 3.86. The lowest BCUT2D eigenvalue weighted by atomic mass is 9.89. The zero-order valence-electron chi connectivity index (χ0n) is 7.98. The van der Waals surface area contributed by atoms with Crippen LogP contribution in [0, 0.1) is 11.8 Å². The van der Waals surface area contributed by atoms with Crippen molar-refractivity contribution < 1.29 is 0 Å². The summed E-state index contributed by atoms with van der Waals surface area (Å²) in [4.78, 5) is 0. The van der Waals surface area contributed by atoms with Gasteiger partial charge in [-0.15, -0.1) is 0 Å². The number of unbranched alkanes of at least 4 members (excludes halogenated alkanes) is 1. The fourth-order valence-electron chi connectivity index (χ4n) is 1.21. The minimum atomic E-state index is 0.923. The van der Waals surface area contributed by atoms with Crippen LogP contribution in [-0.4, -0.2) is 0 Å². The van der Waals surface area contributed by atoms with E-state index in [1.807, 2.05) is 0 Å². The van der Waals surface area contributed by atoms with Gasteiger partial charge >= 0.3 is 0 Å². The highest BCUT2D eigenvalue weighted by atomic mass is 14.1. The second-order valence-electron chi connectivity index (χ2n) is 3.51. The van der Waals surface area contributed by atoms with Gasteiger partial charge in [0.25, 0.3) is 0 Å². The molecular weight excluding hydrogens is 120 g/mol. The Labute approximate surface area is 66.0 Å². The van der Waals surface area contributed by atoms with Gasteiger partial charge in [-0.2, -0.15) is 0 Å². The van der Waals surface area contributed by atoms with E-state index < -0.39 is 0 Å². The Morgan fingerprint density at radius 2 is 1.60 bits per heavy atom. The lowest BCUT2D eigenvalue weighted by Crippen LogP contribution is -2.06. The first kappa shape index (κ1) is 10.0. The maximum Gasteiger partial charge on any atom is -0.0417 e. The third-order valence-corrected chi connectivity index (χ3v) is 2.63. The van der Waals surface area contributed by atoms with Crippen LogP contribution in [0.3, 0.4) is 0 Å². The summed E-state index contributed by atoms with van der Waals surface area (Å²) < 4.78 is 0. The average molecular weight is 142 g/mol. The van der Waals surface area contributed by atoms with Gasteiger partial charge in [-0.3, -0.25) is 0 Å². The van der Waals surface area contributed by atoms with Gasteiger partial charge in [0.2, 0.25) is 0 Å². The molecule has 0 nitrogen and oxygen atoms in total. The smallest absolute Gasteiger partial charge is 0.0417 e. The molecule has 0 heteroatoms. The molecule has 0 aromatic rings. The monoisotopic (exact) mass is 142 g/mol. The van der Waals surface area contributed by atoms with Gasteiger partial charge < -0.3 is 0 Å². The van der Waals surface area contributed by atoms with Crippen LogP contribution in [0.4, 0.5) is 0 Å². The molecule has 2 atom stereocenters. The molecule has 0 heterocycles. The van der Waals surface area contributed by atoms with Crippen molar-refractivity contribution >= 4 is 0 Å². The zero-order valence-corrected chi connectivity index (χ0v) is 7.98. The molecule has 0 spiro atoms. The minimum Gasteiger partial charge on any atom is -0.0654 e. The van der Waals surface area contributed by atoms with E-state index in [-0.39, 0.29) is 0 Å². The first-order valence-corrected chi connectivity index (χ1v) is 4.72. The molecule has 0 rings (SSSR count). The van der Waals surface area contributed by atoms with E-state index in [1.54, 1.807) is 0 Å². The lowest BCUT2D eigenvalue weighted by molar-refractivity contribution is 0.346. The quantitative estimate of drug-likeness (QED) is 0.547. The first-order chi connectivity index (χ1) is 4.72. The second-order valence-corrected chi connectivity index (χ2v) is 3.51. The van der Waals surface area contributed by atoms with Gasteiger partial charge in [-0.05, 0) is 11.8 Å². The van der Waals surface area contributed by atoms with E-state index in [2.05, 4.69) is 27.7 Å². The van der Waals surface area contributed by atoms with Crippen molar-refractivity contribution in [3.8, 4) is 0 Å². The Kier molecular flexibility index (Phi) is 5.76. The number of hydrogen-bond donors (Lipinski definition) is 0. The van der Waals surface area contributed by atoms with Crippen LogP contribution < -0.4 is 0 Å². The summed E-state index contributed by atoms with van der Waals surface area (Å²) in [6, 6.07) is 0. The van der Waals surface area contributed by atoms with Gasteiger partial charge in [0.15, 0.2) is 0 Å². The Morgan fingerprint density at radius 1 is 1.00 bits per heavy atom. The predicted molar refractivity (Wildman–Crippen MR) is 48.1 cm³/mol. The second kappa shape index (κ2) is 5.76. The van der Waals surface area contributed by atoms with Crippen molar-refractivity contribution in [1.82, 2.24) is 0 Å². The molecule has 0 saturated carbocycles. The highest BCUT2D eigenvalue weighted by Gasteiger charge is 2.08. The van der Waals surface area contributed by atoms with Gasteiger partial charge in [-0.25, -0.2) is 0 Å². The summed E-state index contributed by atoms with van der Waals surface area (Å²) in [6.45, 7) is 9.29. The van der Waals surface area contributed by atoms with Gasteiger partial charge in [0, 0.05) is 0 Å². The third-order valence-electron chi connectivity index (χ3n) is 2.63. The lowest BCUT2D eigenvalue weighted by Gasteiger charge is -2.17. The summed E-state index contributed by atoms with van der Waals surface area (Å²) in [6.07, 6.45) is 5.52. The van der Waals surface area contributed by atoms with E-state index >= 15 is 0 Å². The van der Waals surface area contributed by atoms with Gasteiger partial charge in [0.05, 0.1) is 0 Å². The van der Waals surface area contributed by atoms with Crippen LogP contribution >= 0.6 is 0 Å². The van der Waals surface area contributed by atoms with Crippen LogP contribution in [0.5, 0.6) is 0 Å². The van der Waals surface area contributed by atoms with Crippen molar-refractivity contribution in [3.05, 3.63) is 0 Å². The topological polar surface area (TPSA) is 0 Å². The summed E-state index contributed by atoms with van der Waals surface area (Å²) in [5, 5.41) is 0. The van der Waals surface area contributed by atoms with Crippen LogP contribution in [0.1, 0.15) is 53.4 Å². The maximum absolute atomic E-state index is 2.38. The molecule has 0 bridgehead atoms. The Hall–Kier alpha value is 0. The molecule has 0 saturated heterocycles. The van der Waals surface area contributed by atoms with Crippen molar-refractivity contribution in [1.29, 1.82) is 0 Å². The van der Waals surface area contributed by atoms with Crippen LogP contribution in [0.25, 0.3) is 0 Å². The highest BCUT2D eigenvalue weighted by molar-refractivity contribution is 4.59. The Morgan fingerprint density at radius 3 is 2.00 bits per heavy atom. The largest absolute Gasteiger partial charge is 0.0654 e. The van der Waals surface area contributed by atoms with Crippen molar-refractivity contribution in [2.24, 2.45) is 11.8 Å². The Balaban J connectivity index is 3.31. The molecule has 0 N–H and O–H groups in total. The van der Waals surface area contributed by atoms with Crippen LogP contribution in [0.2, 0.25) is 0 Å². The van der Waals surface area contributed by atoms with Crippen molar-refractivity contribution in [2.75, 3.05) is 0 Å². The molecule has 0 aliphatic rings. The summed E-state index contributed by atoms with van der Waals surface area (Å²) >= 11 is 0. The highest BCUT2D eigenvalue weighted by Crippen LogP contribution is 2.19. The zero-order chi connectivity index (χ0) is 7.98. The van der Waals surface area contributed by atoms with E-state index in [9.17, 15) is 0 Å². The number of hydrogen-bond acceptors (Lipinski definition) is 0. The molecular formula is C10H22. The minimum absolute atomic E-state index is 0.923. The normalized spacial score (nSPS) is 16.8. The first-order valence-electron chi connectivity index (χ1n) is 4.72. The average Bonchev–Trinajstić information content (AvgIpc) is 1.98. The molecule has 0 aromatic carbocycles. The molecule has 0 amide bonds. The molecule has 0 aliphatic carbocycles. The summed E-state index contributed by atoms with van der Waals surface area (Å²) in [5.74, 6) is 1.86. The molecule has 0 fully saturated rings. The van der Waals surface area contributed by atoms with Crippen molar-refractivity contribution in [2.45, 2.75) is 53.4 Å².